The molecule has 9 heteroatoms. The largest absolute Gasteiger partial charge is 0.481 e. The number of nitrogens with one attached hydrogen (secondary N) is 1. The lowest BCUT2D eigenvalue weighted by Crippen LogP contribution is -2.42. The van der Waals surface area contributed by atoms with E-state index in [4.69, 9.17) is 5.11 Å². The van der Waals surface area contributed by atoms with E-state index in [9.17, 15) is 21.6 Å². The predicted octanol–water partition coefficient (Wildman–Crippen LogP) is -0.983. The third-order valence-electron chi connectivity index (χ3n) is 1.87. The van der Waals surface area contributed by atoms with Crippen molar-refractivity contribution in [2.24, 2.45) is 5.92 Å². The molecule has 2 N–H and O–H groups in total. The molecule has 0 saturated heterocycles. The van der Waals surface area contributed by atoms with Gasteiger partial charge >= 0.3 is 5.97 Å². The maximum Gasteiger partial charge on any atom is 0.307 e. The maximum atomic E-state index is 11.3. The van der Waals surface area contributed by atoms with Gasteiger partial charge in [-0.2, -0.15) is 0 Å². The summed E-state index contributed by atoms with van der Waals surface area (Å²) in [5, 5.41) is 7.58. The molecule has 0 rings (SSSR count). The summed E-state index contributed by atoms with van der Waals surface area (Å²) in [6.45, 7) is 2.69. The van der Waals surface area contributed by atoms with Crippen molar-refractivity contribution in [1.29, 1.82) is 0 Å². The number of sulfonamides is 1. The Bertz CT molecular complexity index is 451. The van der Waals surface area contributed by atoms with E-state index in [0.717, 1.165) is 6.26 Å². The van der Waals surface area contributed by atoms with Crippen molar-refractivity contribution in [3.63, 3.8) is 0 Å². The van der Waals surface area contributed by atoms with E-state index < -0.39 is 42.9 Å². The summed E-state index contributed by atoms with van der Waals surface area (Å²) in [6, 6.07) is -0.871. The van der Waals surface area contributed by atoms with Crippen LogP contribution in [0.2, 0.25) is 0 Å². The molecule has 0 heterocycles. The predicted molar refractivity (Wildman–Crippen MR) is 58.0 cm³/mol. The molecule has 0 aliphatic carbocycles. The lowest BCUT2D eigenvalue weighted by molar-refractivity contribution is -0.141. The fraction of sp³-hybridized carbons (Fsp3) is 0.857. The van der Waals surface area contributed by atoms with Crippen molar-refractivity contribution in [2.75, 3.05) is 11.3 Å². The van der Waals surface area contributed by atoms with Crippen LogP contribution in [0.4, 0.5) is 0 Å². The molecule has 0 aliphatic heterocycles. The molecule has 0 fully saturated rings. The number of carboxylic acid groups (broad SMARTS) is 1. The Kier molecular flexibility index (Phi) is 4.89. The molecule has 0 amide bonds. The number of carboxylic acids is 1. The lowest BCUT2D eigenvalue weighted by Gasteiger charge is -2.17. The first-order chi connectivity index (χ1) is 6.94. The summed E-state index contributed by atoms with van der Waals surface area (Å²) in [5.74, 6) is -2.09. The lowest BCUT2D eigenvalue weighted by atomic mass is 10.1. The number of aliphatic carboxylic acids is 1. The van der Waals surface area contributed by atoms with E-state index in [2.05, 4.69) is 0 Å². The van der Waals surface area contributed by atoms with Crippen LogP contribution >= 0.6 is 0 Å². The highest BCUT2D eigenvalue weighted by Crippen LogP contribution is 2.05. The molecule has 0 aromatic carbocycles. The first-order valence-electron chi connectivity index (χ1n) is 4.35. The molecule has 2 unspecified atom stereocenters. The fourth-order valence-electron chi connectivity index (χ4n) is 0.915. The van der Waals surface area contributed by atoms with Crippen LogP contribution in [0.3, 0.4) is 0 Å². The SMILES string of the molecule is CC(NS(=O)(=O)CS(C)(=O)=O)C(C)C(=O)O. The summed E-state index contributed by atoms with van der Waals surface area (Å²) in [6.07, 6.45) is 0.789. The Morgan fingerprint density at radius 1 is 1.25 bits per heavy atom. The van der Waals surface area contributed by atoms with Crippen LogP contribution < -0.4 is 4.72 Å². The van der Waals surface area contributed by atoms with Crippen LogP contribution in [0.5, 0.6) is 0 Å². The van der Waals surface area contributed by atoms with Gasteiger partial charge in [0.1, 0.15) is 0 Å². The molecule has 96 valence electrons. The molecule has 0 aliphatic rings. The summed E-state index contributed by atoms with van der Waals surface area (Å²) >= 11 is 0. The number of carbonyl (C=O) groups is 1. The maximum absolute atomic E-state index is 11.3. The zero-order valence-corrected chi connectivity index (χ0v) is 10.8. The third kappa shape index (κ3) is 6.03. The van der Waals surface area contributed by atoms with Gasteiger partial charge in [-0.25, -0.2) is 21.6 Å². The van der Waals surface area contributed by atoms with Crippen LogP contribution in [-0.4, -0.2) is 45.3 Å². The topological polar surface area (TPSA) is 118 Å². The van der Waals surface area contributed by atoms with Crippen LogP contribution in [0.15, 0.2) is 0 Å². The molecule has 0 bridgehead atoms. The van der Waals surface area contributed by atoms with Crippen molar-refractivity contribution in [3.05, 3.63) is 0 Å². The van der Waals surface area contributed by atoms with Gasteiger partial charge in [-0.15, -0.1) is 0 Å². The fourth-order valence-corrected chi connectivity index (χ4v) is 4.21. The first kappa shape index (κ1) is 15.3. The minimum atomic E-state index is -4.02. The highest BCUT2D eigenvalue weighted by Gasteiger charge is 2.26. The Balaban J connectivity index is 4.68. The van der Waals surface area contributed by atoms with Gasteiger partial charge in [-0.3, -0.25) is 4.79 Å². The van der Waals surface area contributed by atoms with E-state index in [1.54, 1.807) is 0 Å². The monoisotopic (exact) mass is 273 g/mol. The minimum Gasteiger partial charge on any atom is -0.481 e. The van der Waals surface area contributed by atoms with Crippen LogP contribution in [0, 0.1) is 5.92 Å². The van der Waals surface area contributed by atoms with E-state index in [0.29, 0.717) is 0 Å². The summed E-state index contributed by atoms with van der Waals surface area (Å²) in [7, 11) is -7.69. The van der Waals surface area contributed by atoms with E-state index >= 15 is 0 Å². The van der Waals surface area contributed by atoms with Gasteiger partial charge in [0.15, 0.2) is 14.9 Å². The zero-order valence-electron chi connectivity index (χ0n) is 9.17. The Hall–Kier alpha value is -0.670. The molecule has 0 radical (unpaired) electrons. The van der Waals surface area contributed by atoms with E-state index in [1.165, 1.54) is 13.8 Å². The Labute approximate surface area is 94.8 Å². The highest BCUT2D eigenvalue weighted by molar-refractivity contribution is 8.06. The van der Waals surface area contributed by atoms with Crippen LogP contribution in [0.1, 0.15) is 13.8 Å². The van der Waals surface area contributed by atoms with Gasteiger partial charge in [-0.05, 0) is 6.92 Å². The zero-order chi connectivity index (χ0) is 13.1. The second-order valence-corrected chi connectivity index (χ2v) is 7.95. The van der Waals surface area contributed by atoms with E-state index in [1.807, 2.05) is 4.72 Å². The molecule has 0 aromatic rings. The number of hydrogen-bond donors (Lipinski definition) is 2. The van der Waals surface area contributed by atoms with Crippen molar-refractivity contribution < 1.29 is 26.7 Å². The number of hydrogen-bond acceptors (Lipinski definition) is 5. The van der Waals surface area contributed by atoms with Crippen molar-refractivity contribution in [1.82, 2.24) is 4.72 Å². The van der Waals surface area contributed by atoms with Crippen molar-refractivity contribution in [2.45, 2.75) is 19.9 Å². The minimum absolute atomic E-state index is 0.789. The standard InChI is InChI=1S/C7H15NO6S2/c1-5(7(9)10)6(2)8-16(13,14)4-15(3,11)12/h5-6,8H,4H2,1-3H3,(H,9,10). The second-order valence-electron chi connectivity index (χ2n) is 3.69. The summed E-state index contributed by atoms with van der Waals surface area (Å²) < 4.78 is 46.2. The van der Waals surface area contributed by atoms with Gasteiger partial charge in [0.25, 0.3) is 0 Å². The van der Waals surface area contributed by atoms with Gasteiger partial charge in [0, 0.05) is 12.3 Å². The number of sulfone groups is 1. The van der Waals surface area contributed by atoms with Crippen LogP contribution in [0.25, 0.3) is 0 Å². The van der Waals surface area contributed by atoms with Crippen LogP contribution in [-0.2, 0) is 24.7 Å². The molecular formula is C7H15NO6S2. The summed E-state index contributed by atoms with van der Waals surface area (Å²) in [5.41, 5.74) is 0. The average molecular weight is 273 g/mol. The highest BCUT2D eigenvalue weighted by atomic mass is 32.3. The third-order valence-corrected chi connectivity index (χ3v) is 5.56. The molecule has 7 nitrogen and oxygen atoms in total. The molecule has 0 saturated carbocycles. The van der Waals surface area contributed by atoms with Gasteiger partial charge in [-0.1, -0.05) is 6.92 Å². The molecule has 16 heavy (non-hydrogen) atoms. The van der Waals surface area contributed by atoms with Gasteiger partial charge in [0.2, 0.25) is 10.0 Å². The molecular weight excluding hydrogens is 258 g/mol. The Morgan fingerprint density at radius 3 is 2.00 bits per heavy atom. The Morgan fingerprint density at radius 2 is 1.69 bits per heavy atom. The van der Waals surface area contributed by atoms with E-state index in [-0.39, 0.29) is 0 Å². The normalized spacial score (nSPS) is 16.7. The smallest absolute Gasteiger partial charge is 0.307 e. The van der Waals surface area contributed by atoms with Crippen molar-refractivity contribution >= 4 is 25.8 Å². The molecule has 2 atom stereocenters. The number of rotatable bonds is 6. The van der Waals surface area contributed by atoms with Crippen molar-refractivity contribution in [3.8, 4) is 0 Å². The molecule has 0 spiro atoms. The van der Waals surface area contributed by atoms with Gasteiger partial charge < -0.3 is 5.11 Å². The summed E-state index contributed by atoms with van der Waals surface area (Å²) in [4.78, 5) is 10.6. The first-order valence-corrected chi connectivity index (χ1v) is 8.06. The van der Waals surface area contributed by atoms with Gasteiger partial charge in [0.05, 0.1) is 5.92 Å². The molecule has 0 aromatic heterocycles. The quantitative estimate of drug-likeness (QED) is 0.642. The average Bonchev–Trinajstić information content (AvgIpc) is 1.96. The second kappa shape index (κ2) is 5.11.